The maximum atomic E-state index is 12.6. The molecule has 2 N–H and O–H groups in total. The zero-order valence-electron chi connectivity index (χ0n) is 11.7. The van der Waals surface area contributed by atoms with Crippen LogP contribution in [-0.4, -0.2) is 5.91 Å². The third-order valence-corrected chi connectivity index (χ3v) is 3.54. The number of anilines is 1. The van der Waals surface area contributed by atoms with Crippen LogP contribution in [0.1, 0.15) is 21.5 Å². The van der Waals surface area contributed by atoms with E-state index in [1.165, 1.54) is 24.3 Å². The van der Waals surface area contributed by atoms with Crippen LogP contribution in [0.4, 0.5) is 18.9 Å². The Bertz CT molecular complexity index is 791. The van der Waals surface area contributed by atoms with Crippen molar-refractivity contribution in [2.75, 3.05) is 5.43 Å². The van der Waals surface area contributed by atoms with E-state index in [2.05, 4.69) is 10.9 Å². The van der Waals surface area contributed by atoms with Crippen molar-refractivity contribution >= 4 is 34.8 Å². The maximum Gasteiger partial charge on any atom is 0.416 e. The fourth-order valence-electron chi connectivity index (χ4n) is 1.74. The average Bonchev–Trinajstić information content (AvgIpc) is 2.53. The number of hydrogen-bond donors (Lipinski definition) is 2. The molecule has 0 radical (unpaired) electrons. The minimum atomic E-state index is -4.59. The molecule has 0 aliphatic rings. The summed E-state index contributed by atoms with van der Waals surface area (Å²) in [4.78, 5) is 11.9. The van der Waals surface area contributed by atoms with Crippen LogP contribution in [0.2, 0.25) is 10.0 Å². The van der Waals surface area contributed by atoms with Gasteiger partial charge in [0.25, 0.3) is 5.91 Å². The Labute approximate surface area is 144 Å². The summed E-state index contributed by atoms with van der Waals surface area (Å²) in [5.74, 6) is -0.577. The topological polar surface area (TPSA) is 64.9 Å². The van der Waals surface area contributed by atoms with Gasteiger partial charge in [-0.15, -0.1) is 0 Å². The van der Waals surface area contributed by atoms with Crippen LogP contribution in [0.15, 0.2) is 36.4 Å². The van der Waals surface area contributed by atoms with E-state index in [9.17, 15) is 18.0 Å². The van der Waals surface area contributed by atoms with Gasteiger partial charge in [-0.25, -0.2) is 0 Å². The maximum absolute atomic E-state index is 12.6. The molecule has 124 valence electrons. The lowest BCUT2D eigenvalue weighted by Crippen LogP contribution is -2.29. The second kappa shape index (κ2) is 6.99. The zero-order chi connectivity index (χ0) is 17.9. The van der Waals surface area contributed by atoms with Gasteiger partial charge in [0.2, 0.25) is 0 Å². The highest BCUT2D eigenvalue weighted by Crippen LogP contribution is 2.38. The highest BCUT2D eigenvalue weighted by atomic mass is 35.5. The Morgan fingerprint density at radius 2 is 1.62 bits per heavy atom. The number of nitrogens with zero attached hydrogens (tertiary/aromatic N) is 1. The van der Waals surface area contributed by atoms with E-state index in [-0.39, 0.29) is 21.3 Å². The van der Waals surface area contributed by atoms with Crippen molar-refractivity contribution in [1.82, 2.24) is 5.43 Å². The highest BCUT2D eigenvalue weighted by Gasteiger charge is 2.32. The fraction of sp³-hybridized carbons (Fsp3) is 0.0667. The van der Waals surface area contributed by atoms with E-state index in [0.29, 0.717) is 17.7 Å². The van der Waals surface area contributed by atoms with Gasteiger partial charge in [0, 0.05) is 5.56 Å². The molecule has 2 rings (SSSR count). The second-order valence-electron chi connectivity index (χ2n) is 4.58. The van der Waals surface area contributed by atoms with Gasteiger partial charge < -0.3 is 0 Å². The van der Waals surface area contributed by atoms with Crippen LogP contribution in [0, 0.1) is 11.3 Å². The van der Waals surface area contributed by atoms with E-state index >= 15 is 0 Å². The van der Waals surface area contributed by atoms with Crippen LogP contribution in [0.3, 0.4) is 0 Å². The predicted octanol–water partition coefficient (Wildman–Crippen LogP) is 4.64. The summed E-state index contributed by atoms with van der Waals surface area (Å²) >= 11 is 11.6. The molecule has 0 aromatic heterocycles. The number of carbonyl (C=O) groups is 1. The molecule has 0 unspecified atom stereocenters. The van der Waals surface area contributed by atoms with Crippen LogP contribution in [0.5, 0.6) is 0 Å². The molecule has 2 aromatic rings. The second-order valence-corrected chi connectivity index (χ2v) is 5.40. The van der Waals surface area contributed by atoms with Crippen molar-refractivity contribution in [3.8, 4) is 6.07 Å². The molecule has 0 saturated heterocycles. The van der Waals surface area contributed by atoms with Gasteiger partial charge in [0.1, 0.15) is 0 Å². The quantitative estimate of drug-likeness (QED) is 0.770. The lowest BCUT2D eigenvalue weighted by atomic mass is 10.1. The zero-order valence-corrected chi connectivity index (χ0v) is 13.2. The van der Waals surface area contributed by atoms with Gasteiger partial charge in [0.15, 0.2) is 0 Å². The molecule has 0 spiro atoms. The van der Waals surface area contributed by atoms with Gasteiger partial charge in [-0.1, -0.05) is 23.2 Å². The van der Waals surface area contributed by atoms with Crippen LogP contribution >= 0.6 is 23.2 Å². The lowest BCUT2D eigenvalue weighted by Gasteiger charge is -2.14. The van der Waals surface area contributed by atoms with Crippen molar-refractivity contribution in [1.29, 1.82) is 5.26 Å². The van der Waals surface area contributed by atoms with Gasteiger partial charge in [-0.05, 0) is 36.4 Å². The number of nitrogens with one attached hydrogen (secondary N) is 2. The van der Waals surface area contributed by atoms with E-state index in [4.69, 9.17) is 28.5 Å². The summed E-state index contributed by atoms with van der Waals surface area (Å²) in [6.07, 6.45) is -4.59. The van der Waals surface area contributed by atoms with Gasteiger partial charge in [-0.2, -0.15) is 18.4 Å². The minimum Gasteiger partial charge on any atom is -0.295 e. The largest absolute Gasteiger partial charge is 0.416 e. The normalized spacial score (nSPS) is 10.8. The summed E-state index contributed by atoms with van der Waals surface area (Å²) in [5, 5.41) is 8.09. The molecule has 4 nitrogen and oxygen atoms in total. The Kier molecular flexibility index (Phi) is 5.22. The number of alkyl halides is 3. The number of hydrazine groups is 1. The van der Waals surface area contributed by atoms with Crippen molar-refractivity contribution < 1.29 is 18.0 Å². The van der Waals surface area contributed by atoms with E-state index in [1.807, 2.05) is 6.07 Å². The number of rotatable bonds is 3. The predicted molar refractivity (Wildman–Crippen MR) is 83.7 cm³/mol. The van der Waals surface area contributed by atoms with Crippen molar-refractivity contribution in [3.05, 3.63) is 63.1 Å². The smallest absolute Gasteiger partial charge is 0.295 e. The fourth-order valence-corrected chi connectivity index (χ4v) is 2.33. The average molecular weight is 374 g/mol. The summed E-state index contributed by atoms with van der Waals surface area (Å²) in [7, 11) is 0. The number of hydrogen-bond acceptors (Lipinski definition) is 3. The first-order chi connectivity index (χ1) is 11.2. The first kappa shape index (κ1) is 17.9. The standard InChI is InChI=1S/C15H8Cl2F3N3O/c16-11-5-10(15(18,19)20)6-12(17)13(11)22-23-14(24)9-3-1-8(7-21)2-4-9/h1-6,22H,(H,23,24). The Balaban J connectivity index is 2.14. The molecule has 24 heavy (non-hydrogen) atoms. The first-order valence-electron chi connectivity index (χ1n) is 6.35. The molecule has 0 atom stereocenters. The van der Waals surface area contributed by atoms with Crippen LogP contribution in [-0.2, 0) is 6.18 Å². The summed E-state index contributed by atoms with van der Waals surface area (Å²) in [6.45, 7) is 0. The van der Waals surface area contributed by atoms with Gasteiger partial charge in [0.05, 0.1) is 32.9 Å². The molecule has 0 saturated carbocycles. The Morgan fingerprint density at radius 1 is 1.08 bits per heavy atom. The van der Waals surface area contributed by atoms with Crippen molar-refractivity contribution in [3.63, 3.8) is 0 Å². The third kappa shape index (κ3) is 4.10. The van der Waals surface area contributed by atoms with E-state index < -0.39 is 17.6 Å². The monoisotopic (exact) mass is 373 g/mol. The molecule has 0 aliphatic heterocycles. The summed E-state index contributed by atoms with van der Waals surface area (Å²) in [5.41, 5.74) is 4.22. The van der Waals surface area contributed by atoms with Crippen LogP contribution in [0.25, 0.3) is 0 Å². The van der Waals surface area contributed by atoms with Crippen molar-refractivity contribution in [2.24, 2.45) is 0 Å². The molecular formula is C15H8Cl2F3N3O. The summed E-state index contributed by atoms with van der Waals surface area (Å²) < 4.78 is 37.9. The van der Waals surface area contributed by atoms with E-state index in [1.54, 1.807) is 0 Å². The molecule has 9 heteroatoms. The number of nitriles is 1. The van der Waals surface area contributed by atoms with Crippen LogP contribution < -0.4 is 10.9 Å². The molecule has 0 bridgehead atoms. The third-order valence-electron chi connectivity index (χ3n) is 2.95. The Hall–Kier alpha value is -2.43. The van der Waals surface area contributed by atoms with Crippen molar-refractivity contribution in [2.45, 2.75) is 6.18 Å². The lowest BCUT2D eigenvalue weighted by molar-refractivity contribution is -0.137. The Morgan fingerprint density at radius 3 is 2.08 bits per heavy atom. The molecule has 0 aliphatic carbocycles. The molecular weight excluding hydrogens is 366 g/mol. The number of amides is 1. The number of halogens is 5. The molecule has 1 amide bonds. The van der Waals surface area contributed by atoms with E-state index in [0.717, 1.165) is 0 Å². The first-order valence-corrected chi connectivity index (χ1v) is 7.10. The van der Waals surface area contributed by atoms with Gasteiger partial charge in [-0.3, -0.25) is 15.6 Å². The molecule has 0 heterocycles. The number of benzene rings is 2. The van der Waals surface area contributed by atoms with Gasteiger partial charge >= 0.3 is 6.18 Å². The molecule has 2 aromatic carbocycles. The molecule has 0 fully saturated rings. The highest BCUT2D eigenvalue weighted by molar-refractivity contribution is 6.39. The number of carbonyl (C=O) groups excluding carboxylic acids is 1. The minimum absolute atomic E-state index is 0.0617. The summed E-state index contributed by atoms with van der Waals surface area (Å²) in [6, 6.07) is 9.05. The SMILES string of the molecule is N#Cc1ccc(C(=O)NNc2c(Cl)cc(C(F)(F)F)cc2Cl)cc1.